The van der Waals surface area contributed by atoms with Gasteiger partial charge in [0.2, 0.25) is 0 Å². The molecule has 0 spiro atoms. The summed E-state index contributed by atoms with van der Waals surface area (Å²) in [6, 6.07) is 14.4. The molecule has 6 nitrogen and oxygen atoms in total. The number of halogens is 2. The molecule has 0 unspecified atom stereocenters. The van der Waals surface area contributed by atoms with Crippen molar-refractivity contribution in [1.82, 2.24) is 25.1 Å². The van der Waals surface area contributed by atoms with Crippen LogP contribution in [0.3, 0.4) is 0 Å². The summed E-state index contributed by atoms with van der Waals surface area (Å²) in [5, 5.41) is 12.8. The molecule has 3 aromatic rings. The molecule has 1 fully saturated rings. The van der Waals surface area contributed by atoms with Crippen LogP contribution < -0.4 is 4.90 Å². The first-order valence-electron chi connectivity index (χ1n) is 8.90. The predicted molar refractivity (Wildman–Crippen MR) is 102 cm³/mol. The predicted octanol–water partition coefficient (Wildman–Crippen LogP) is 2.84. The lowest BCUT2D eigenvalue weighted by molar-refractivity contribution is 0.240. The third-order valence-electron chi connectivity index (χ3n) is 4.76. The smallest absolute Gasteiger partial charge is 0.165 e. The molecule has 0 radical (unpaired) electrons. The average molecular weight is 387 g/mol. The first kappa shape index (κ1) is 17.9. The van der Waals surface area contributed by atoms with E-state index in [9.17, 15) is 4.39 Å². The largest absolute Gasteiger partial charge is 0.369 e. The van der Waals surface area contributed by atoms with Gasteiger partial charge in [0.15, 0.2) is 5.82 Å². The molecule has 0 N–H and O–H groups in total. The highest BCUT2D eigenvalue weighted by Gasteiger charge is 2.19. The lowest BCUT2D eigenvalue weighted by Gasteiger charge is -2.35. The van der Waals surface area contributed by atoms with Gasteiger partial charge in [-0.3, -0.25) is 4.90 Å². The number of benzene rings is 2. The van der Waals surface area contributed by atoms with E-state index >= 15 is 0 Å². The highest BCUT2D eigenvalue weighted by atomic mass is 35.5. The second-order valence-corrected chi connectivity index (χ2v) is 7.06. The Labute approximate surface area is 162 Å². The van der Waals surface area contributed by atoms with Crippen LogP contribution >= 0.6 is 11.6 Å². The minimum Gasteiger partial charge on any atom is -0.369 e. The van der Waals surface area contributed by atoms with Gasteiger partial charge >= 0.3 is 0 Å². The fraction of sp³-hybridized carbons (Fsp3) is 0.316. The SMILES string of the molecule is Fc1ccc(Cn2nnnc2CN2CCN(c3cccc(Cl)c3)CC2)cc1. The standard InChI is InChI=1S/C19H20ClFN6/c20-16-2-1-3-18(12-16)26-10-8-25(9-11-26)14-19-22-23-24-27(19)13-15-4-6-17(21)7-5-15/h1-7,12H,8-11,13-14H2. The Morgan fingerprint density at radius 2 is 1.74 bits per heavy atom. The molecule has 27 heavy (non-hydrogen) atoms. The summed E-state index contributed by atoms with van der Waals surface area (Å²) in [7, 11) is 0. The second-order valence-electron chi connectivity index (χ2n) is 6.62. The Morgan fingerprint density at radius 3 is 2.48 bits per heavy atom. The Bertz CT molecular complexity index is 889. The van der Waals surface area contributed by atoms with Gasteiger partial charge in [-0.15, -0.1) is 5.10 Å². The monoisotopic (exact) mass is 386 g/mol. The van der Waals surface area contributed by atoms with Gasteiger partial charge in [-0.25, -0.2) is 9.07 Å². The summed E-state index contributed by atoms with van der Waals surface area (Å²) < 4.78 is 14.8. The summed E-state index contributed by atoms with van der Waals surface area (Å²) in [6.45, 7) is 4.94. The van der Waals surface area contributed by atoms with Gasteiger partial charge < -0.3 is 4.90 Å². The number of hydrogen-bond donors (Lipinski definition) is 0. The van der Waals surface area contributed by atoms with E-state index in [-0.39, 0.29) is 5.82 Å². The number of aromatic nitrogens is 4. The maximum absolute atomic E-state index is 13.1. The van der Waals surface area contributed by atoms with Crippen molar-refractivity contribution in [3.63, 3.8) is 0 Å². The van der Waals surface area contributed by atoms with Crippen molar-refractivity contribution in [2.75, 3.05) is 31.1 Å². The lowest BCUT2D eigenvalue weighted by Crippen LogP contribution is -2.46. The van der Waals surface area contributed by atoms with Crippen LogP contribution in [0.25, 0.3) is 0 Å². The van der Waals surface area contributed by atoms with E-state index in [1.165, 1.54) is 12.1 Å². The summed E-state index contributed by atoms with van der Waals surface area (Å²) in [5.41, 5.74) is 2.12. The first-order valence-corrected chi connectivity index (χ1v) is 9.27. The van der Waals surface area contributed by atoms with Crippen molar-refractivity contribution in [3.8, 4) is 0 Å². The van der Waals surface area contributed by atoms with Gasteiger partial charge in [0, 0.05) is 36.9 Å². The van der Waals surface area contributed by atoms with Crippen molar-refractivity contribution >= 4 is 17.3 Å². The fourth-order valence-electron chi connectivity index (χ4n) is 3.26. The van der Waals surface area contributed by atoms with Crippen LogP contribution in [0, 0.1) is 5.82 Å². The number of anilines is 1. The van der Waals surface area contributed by atoms with Crippen LogP contribution in [0.4, 0.5) is 10.1 Å². The zero-order valence-electron chi connectivity index (χ0n) is 14.8. The highest BCUT2D eigenvalue weighted by Crippen LogP contribution is 2.21. The van der Waals surface area contributed by atoms with Gasteiger partial charge in [-0.05, 0) is 46.3 Å². The van der Waals surface area contributed by atoms with Crippen LogP contribution in [0.2, 0.25) is 5.02 Å². The normalized spacial score (nSPS) is 15.3. The molecule has 0 bridgehead atoms. The van der Waals surface area contributed by atoms with E-state index in [2.05, 4.69) is 31.4 Å². The topological polar surface area (TPSA) is 50.1 Å². The van der Waals surface area contributed by atoms with Gasteiger partial charge in [0.05, 0.1) is 13.1 Å². The quantitative estimate of drug-likeness (QED) is 0.675. The molecule has 140 valence electrons. The molecule has 1 aliphatic rings. The van der Waals surface area contributed by atoms with E-state index < -0.39 is 0 Å². The van der Waals surface area contributed by atoms with Gasteiger partial charge in [0.1, 0.15) is 5.82 Å². The fourth-order valence-corrected chi connectivity index (χ4v) is 3.44. The average Bonchev–Trinajstić information content (AvgIpc) is 3.11. The molecule has 0 atom stereocenters. The van der Waals surface area contributed by atoms with Crippen LogP contribution in [0.15, 0.2) is 48.5 Å². The van der Waals surface area contributed by atoms with Crippen molar-refractivity contribution < 1.29 is 4.39 Å². The lowest BCUT2D eigenvalue weighted by atomic mass is 10.2. The van der Waals surface area contributed by atoms with E-state index in [4.69, 9.17) is 11.6 Å². The molecule has 1 aromatic heterocycles. The second kappa shape index (κ2) is 8.02. The van der Waals surface area contributed by atoms with Crippen molar-refractivity contribution in [1.29, 1.82) is 0 Å². The van der Waals surface area contributed by atoms with Gasteiger partial charge in [0.25, 0.3) is 0 Å². The Hall–Kier alpha value is -2.51. The number of tetrazole rings is 1. The number of hydrogen-bond acceptors (Lipinski definition) is 5. The Morgan fingerprint density at radius 1 is 0.963 bits per heavy atom. The molecular weight excluding hydrogens is 367 g/mol. The zero-order chi connectivity index (χ0) is 18.6. The molecule has 2 heterocycles. The van der Waals surface area contributed by atoms with Crippen molar-refractivity contribution in [2.24, 2.45) is 0 Å². The van der Waals surface area contributed by atoms with E-state index in [0.29, 0.717) is 13.1 Å². The minimum absolute atomic E-state index is 0.242. The summed E-state index contributed by atoms with van der Waals surface area (Å²) >= 11 is 6.10. The van der Waals surface area contributed by atoms with Gasteiger partial charge in [-0.1, -0.05) is 29.8 Å². The van der Waals surface area contributed by atoms with Crippen LogP contribution in [0.5, 0.6) is 0 Å². The zero-order valence-corrected chi connectivity index (χ0v) is 15.6. The minimum atomic E-state index is -0.242. The van der Waals surface area contributed by atoms with E-state index in [1.807, 2.05) is 18.2 Å². The molecule has 1 aliphatic heterocycles. The summed E-state index contributed by atoms with van der Waals surface area (Å²) in [5.74, 6) is 0.573. The molecule has 1 saturated heterocycles. The van der Waals surface area contributed by atoms with Gasteiger partial charge in [-0.2, -0.15) is 0 Å². The maximum Gasteiger partial charge on any atom is 0.165 e. The molecule has 0 amide bonds. The highest BCUT2D eigenvalue weighted by molar-refractivity contribution is 6.30. The molecule has 4 rings (SSSR count). The Balaban J connectivity index is 1.36. The summed E-state index contributed by atoms with van der Waals surface area (Å²) in [6.07, 6.45) is 0. The van der Waals surface area contributed by atoms with E-state index in [1.54, 1.807) is 16.8 Å². The molecular formula is C19H20ClFN6. The molecule has 2 aromatic carbocycles. The molecule has 0 aliphatic carbocycles. The third kappa shape index (κ3) is 4.43. The first-order chi connectivity index (χ1) is 13.2. The molecule has 0 saturated carbocycles. The van der Waals surface area contributed by atoms with Crippen LogP contribution in [-0.2, 0) is 13.1 Å². The van der Waals surface area contributed by atoms with Crippen molar-refractivity contribution in [2.45, 2.75) is 13.1 Å². The van der Waals surface area contributed by atoms with Crippen molar-refractivity contribution in [3.05, 3.63) is 70.8 Å². The summed E-state index contributed by atoms with van der Waals surface area (Å²) in [4.78, 5) is 4.68. The number of piperazine rings is 1. The number of nitrogens with zero attached hydrogens (tertiary/aromatic N) is 6. The van der Waals surface area contributed by atoms with E-state index in [0.717, 1.165) is 48.3 Å². The number of rotatable bonds is 5. The van der Waals surface area contributed by atoms with Crippen LogP contribution in [0.1, 0.15) is 11.4 Å². The Kier molecular flexibility index (Phi) is 5.31. The van der Waals surface area contributed by atoms with Crippen LogP contribution in [-0.4, -0.2) is 51.3 Å². The third-order valence-corrected chi connectivity index (χ3v) is 5.00. The molecule has 8 heteroatoms. The maximum atomic E-state index is 13.1.